The lowest BCUT2D eigenvalue weighted by atomic mass is 9.82. The van der Waals surface area contributed by atoms with Gasteiger partial charge in [-0.3, -0.25) is 9.59 Å². The topological polar surface area (TPSA) is 82.1 Å². The first-order valence-electron chi connectivity index (χ1n) is 9.85. The Morgan fingerprint density at radius 1 is 1.25 bits per heavy atom. The van der Waals surface area contributed by atoms with E-state index in [4.69, 9.17) is 14.2 Å². The predicted octanol–water partition coefficient (Wildman–Crippen LogP) is 3.12. The maximum atomic E-state index is 12.5. The van der Waals surface area contributed by atoms with Crippen LogP contribution in [0.4, 0.5) is 4.79 Å². The van der Waals surface area contributed by atoms with Crippen molar-refractivity contribution < 1.29 is 28.6 Å². The zero-order valence-corrected chi connectivity index (χ0v) is 16.2. The van der Waals surface area contributed by atoms with E-state index in [0.717, 1.165) is 24.8 Å². The highest BCUT2D eigenvalue weighted by molar-refractivity contribution is 6.00. The summed E-state index contributed by atoms with van der Waals surface area (Å²) < 4.78 is 16.1. The molecular weight excluding hydrogens is 362 g/mol. The fourth-order valence-corrected chi connectivity index (χ4v) is 4.03. The number of hydrogen-bond donors (Lipinski definition) is 0. The minimum atomic E-state index is -0.916. The third kappa shape index (κ3) is 3.57. The van der Waals surface area contributed by atoms with Crippen LogP contribution in [0.15, 0.2) is 18.2 Å². The molecule has 28 heavy (non-hydrogen) atoms. The number of rotatable bonds is 5. The number of nitrogens with zero attached hydrogens (tertiary/aromatic N) is 1. The molecule has 1 aromatic carbocycles. The van der Waals surface area contributed by atoms with E-state index in [2.05, 4.69) is 0 Å². The van der Waals surface area contributed by atoms with E-state index in [1.54, 1.807) is 11.0 Å². The third-order valence-corrected chi connectivity index (χ3v) is 5.89. The van der Waals surface area contributed by atoms with Gasteiger partial charge in [-0.05, 0) is 48.8 Å². The largest absolute Gasteiger partial charge is 0.469 e. The lowest BCUT2D eigenvalue weighted by Crippen LogP contribution is -2.45. The van der Waals surface area contributed by atoms with Crippen LogP contribution < -0.4 is 4.74 Å². The van der Waals surface area contributed by atoms with Gasteiger partial charge in [-0.2, -0.15) is 0 Å². The van der Waals surface area contributed by atoms with Gasteiger partial charge in [0.05, 0.1) is 25.0 Å². The quantitative estimate of drug-likeness (QED) is 0.722. The van der Waals surface area contributed by atoms with Crippen LogP contribution in [0.1, 0.15) is 54.4 Å². The summed E-state index contributed by atoms with van der Waals surface area (Å²) >= 11 is 0. The second kappa shape index (κ2) is 7.45. The van der Waals surface area contributed by atoms with Crippen molar-refractivity contribution in [2.45, 2.75) is 44.8 Å². The summed E-state index contributed by atoms with van der Waals surface area (Å²) in [6.45, 7) is 3.22. The number of ether oxygens (including phenoxy) is 3. The maximum absolute atomic E-state index is 12.5. The van der Waals surface area contributed by atoms with Crippen molar-refractivity contribution in [1.29, 1.82) is 0 Å². The molecule has 0 bridgehead atoms. The van der Waals surface area contributed by atoms with Gasteiger partial charge in [0.2, 0.25) is 0 Å². The molecule has 1 saturated heterocycles. The highest BCUT2D eigenvalue weighted by atomic mass is 16.7. The second-order valence-corrected chi connectivity index (χ2v) is 7.83. The fourth-order valence-electron chi connectivity index (χ4n) is 4.03. The number of benzene rings is 1. The van der Waals surface area contributed by atoms with Crippen molar-refractivity contribution in [2.75, 3.05) is 20.2 Å². The molecule has 7 nitrogen and oxygen atoms in total. The molecule has 1 aromatic rings. The molecule has 7 heteroatoms. The molecule has 1 amide bonds. The van der Waals surface area contributed by atoms with E-state index in [9.17, 15) is 14.4 Å². The van der Waals surface area contributed by atoms with Crippen LogP contribution in [-0.2, 0) is 14.3 Å². The summed E-state index contributed by atoms with van der Waals surface area (Å²) in [7, 11) is 1.40. The fraction of sp³-hybridized carbons (Fsp3) is 0.571. The number of Topliss-reactive ketones (excluding diaryl/α,β-unsaturated/α-hetero) is 1. The van der Waals surface area contributed by atoms with Crippen molar-refractivity contribution in [2.24, 2.45) is 11.8 Å². The summed E-state index contributed by atoms with van der Waals surface area (Å²) in [5.74, 6) is 0.214. The van der Waals surface area contributed by atoms with Crippen LogP contribution in [0, 0.1) is 11.8 Å². The zero-order valence-electron chi connectivity index (χ0n) is 16.2. The Kier molecular flexibility index (Phi) is 5.00. The maximum Gasteiger partial charge on any atom is 0.412 e. The van der Waals surface area contributed by atoms with Gasteiger partial charge < -0.3 is 19.1 Å². The second-order valence-electron chi connectivity index (χ2n) is 7.83. The minimum Gasteiger partial charge on any atom is -0.469 e. The number of carbonyl (C=O) groups excluding carboxylic acids is 3. The van der Waals surface area contributed by atoms with Crippen LogP contribution in [0.3, 0.4) is 0 Å². The van der Waals surface area contributed by atoms with E-state index < -0.39 is 12.4 Å². The van der Waals surface area contributed by atoms with Gasteiger partial charge in [0.1, 0.15) is 5.75 Å². The smallest absolute Gasteiger partial charge is 0.412 e. The van der Waals surface area contributed by atoms with Crippen molar-refractivity contribution in [3.05, 3.63) is 29.3 Å². The van der Waals surface area contributed by atoms with E-state index in [0.29, 0.717) is 30.3 Å². The normalized spacial score (nSPS) is 23.0. The van der Waals surface area contributed by atoms with Crippen LogP contribution in [0.5, 0.6) is 5.75 Å². The average molecular weight is 387 g/mol. The van der Waals surface area contributed by atoms with Crippen LogP contribution >= 0.6 is 0 Å². The van der Waals surface area contributed by atoms with Crippen molar-refractivity contribution >= 4 is 17.8 Å². The van der Waals surface area contributed by atoms with Gasteiger partial charge in [-0.1, -0.05) is 13.0 Å². The Balaban J connectivity index is 1.54. The first kappa shape index (κ1) is 18.8. The molecule has 0 radical (unpaired) electrons. The number of ketones is 1. The van der Waals surface area contributed by atoms with Gasteiger partial charge in [-0.25, -0.2) is 4.79 Å². The zero-order chi connectivity index (χ0) is 19.8. The highest BCUT2D eigenvalue weighted by Gasteiger charge is 2.40. The summed E-state index contributed by atoms with van der Waals surface area (Å²) in [5.41, 5.74) is 1.43. The lowest BCUT2D eigenvalue weighted by Gasteiger charge is -2.33. The van der Waals surface area contributed by atoms with Gasteiger partial charge in [0.25, 0.3) is 6.29 Å². The molecule has 0 aromatic heterocycles. The predicted molar refractivity (Wildman–Crippen MR) is 99.1 cm³/mol. The summed E-state index contributed by atoms with van der Waals surface area (Å²) in [6.07, 6.45) is 1.75. The minimum absolute atomic E-state index is 0.0105. The van der Waals surface area contributed by atoms with Gasteiger partial charge in [0.15, 0.2) is 5.78 Å². The molecule has 1 unspecified atom stereocenters. The Bertz CT molecular complexity index is 798. The molecule has 3 atom stereocenters. The van der Waals surface area contributed by atoms with Crippen molar-refractivity contribution in [3.63, 3.8) is 0 Å². The van der Waals surface area contributed by atoms with E-state index in [-0.39, 0.29) is 30.0 Å². The summed E-state index contributed by atoms with van der Waals surface area (Å²) in [5, 5.41) is 0. The van der Waals surface area contributed by atoms with Crippen molar-refractivity contribution in [3.8, 4) is 5.75 Å². The number of carbonyl (C=O) groups is 3. The lowest BCUT2D eigenvalue weighted by molar-refractivity contribution is -0.145. The Labute approximate surface area is 163 Å². The molecule has 150 valence electrons. The molecule has 1 saturated carbocycles. The molecule has 0 spiro atoms. The van der Waals surface area contributed by atoms with Crippen LogP contribution in [0.25, 0.3) is 0 Å². The molecular formula is C21H25NO6. The molecule has 3 aliphatic rings. The van der Waals surface area contributed by atoms with E-state index in [1.807, 2.05) is 19.1 Å². The highest BCUT2D eigenvalue weighted by Crippen LogP contribution is 2.48. The first-order valence-corrected chi connectivity index (χ1v) is 9.85. The molecule has 1 aliphatic carbocycles. The van der Waals surface area contributed by atoms with Gasteiger partial charge >= 0.3 is 12.1 Å². The molecule has 2 fully saturated rings. The molecule has 2 aliphatic heterocycles. The molecule has 0 N–H and O–H groups in total. The van der Waals surface area contributed by atoms with E-state index in [1.165, 1.54) is 7.11 Å². The molecule has 2 heterocycles. The number of methoxy groups -OCH3 is 1. The van der Waals surface area contributed by atoms with Crippen LogP contribution in [0.2, 0.25) is 0 Å². The number of hydrogen-bond acceptors (Lipinski definition) is 6. The number of esters is 1. The standard InChI is InChI=1S/C21H25NO6/c1-12(20(24)26-2)19(13-4-5-13)14-6-7-15-16(23)11-18(27-17(15)10-14)28-21(25)22-8-3-9-22/h6-7,10,12-13,18-19H,3-5,8-9,11H2,1-2H3/t12-,18?,19-/m0/s1. The Hall–Kier alpha value is -2.57. The number of fused-ring (bicyclic) bond motifs is 1. The van der Waals surface area contributed by atoms with Crippen molar-refractivity contribution in [1.82, 2.24) is 4.90 Å². The van der Waals surface area contributed by atoms with E-state index >= 15 is 0 Å². The Morgan fingerprint density at radius 3 is 2.61 bits per heavy atom. The van der Waals surface area contributed by atoms with Gasteiger partial charge in [-0.15, -0.1) is 0 Å². The third-order valence-electron chi connectivity index (χ3n) is 5.89. The van der Waals surface area contributed by atoms with Gasteiger partial charge in [0, 0.05) is 13.1 Å². The number of likely N-dealkylation sites (tertiary alicyclic amines) is 1. The average Bonchev–Trinajstić information content (AvgIpc) is 3.44. The number of amides is 1. The summed E-state index contributed by atoms with van der Waals surface area (Å²) in [6, 6.07) is 5.47. The first-order chi connectivity index (χ1) is 13.5. The monoisotopic (exact) mass is 387 g/mol. The van der Waals surface area contributed by atoms with Crippen LogP contribution in [-0.4, -0.2) is 49.2 Å². The SMILES string of the molecule is COC(=O)[C@@H](C)[C@H](c1ccc2c(c1)OC(OC(=O)N1CCC1)CC2=O)C1CC1. The molecule has 4 rings (SSSR count). The Morgan fingerprint density at radius 2 is 2.00 bits per heavy atom. The summed E-state index contributed by atoms with van der Waals surface area (Å²) in [4.78, 5) is 38.2.